The van der Waals surface area contributed by atoms with E-state index in [1.165, 1.54) is 0 Å². The summed E-state index contributed by atoms with van der Waals surface area (Å²) < 4.78 is 9.30. The predicted octanol–water partition coefficient (Wildman–Crippen LogP) is 4.00. The summed E-state index contributed by atoms with van der Waals surface area (Å²) in [6.07, 6.45) is 2.99. The van der Waals surface area contributed by atoms with E-state index in [1.807, 2.05) is 24.4 Å². The van der Waals surface area contributed by atoms with Crippen molar-refractivity contribution in [1.29, 1.82) is 0 Å². The first-order chi connectivity index (χ1) is 9.22. The van der Waals surface area contributed by atoms with E-state index in [0.717, 1.165) is 35.7 Å². The molecule has 0 bridgehead atoms. The van der Waals surface area contributed by atoms with Crippen LogP contribution in [0.1, 0.15) is 42.8 Å². The molecular formula is C13H16N2O2S2. The van der Waals surface area contributed by atoms with E-state index in [2.05, 4.69) is 16.5 Å². The molecule has 0 amide bonds. The molecule has 4 nitrogen and oxygen atoms in total. The number of carbonyl (C=O) groups excluding carboxylic acids is 1. The van der Waals surface area contributed by atoms with Crippen LogP contribution in [0.2, 0.25) is 0 Å². The van der Waals surface area contributed by atoms with Gasteiger partial charge in [0, 0.05) is 0 Å². The Morgan fingerprint density at radius 1 is 1.53 bits per heavy atom. The van der Waals surface area contributed by atoms with E-state index in [1.54, 1.807) is 11.3 Å². The van der Waals surface area contributed by atoms with Gasteiger partial charge in [0.25, 0.3) is 0 Å². The van der Waals surface area contributed by atoms with Gasteiger partial charge >= 0.3 is 5.97 Å². The zero-order valence-electron chi connectivity index (χ0n) is 11.0. The van der Waals surface area contributed by atoms with Crippen LogP contribution in [0.3, 0.4) is 0 Å². The summed E-state index contributed by atoms with van der Waals surface area (Å²) in [7, 11) is 0. The molecule has 0 fully saturated rings. The molecule has 0 radical (unpaired) electrons. The molecule has 1 unspecified atom stereocenters. The van der Waals surface area contributed by atoms with Gasteiger partial charge in [-0.3, -0.25) is 0 Å². The minimum atomic E-state index is -0.318. The Morgan fingerprint density at radius 3 is 3.05 bits per heavy atom. The number of thiophene rings is 1. The van der Waals surface area contributed by atoms with Gasteiger partial charge in [0.05, 0.1) is 11.0 Å². The Morgan fingerprint density at radius 2 is 2.37 bits per heavy atom. The highest BCUT2D eigenvalue weighted by molar-refractivity contribution is 7.14. The monoisotopic (exact) mass is 296 g/mol. The van der Waals surface area contributed by atoms with E-state index in [9.17, 15) is 4.79 Å². The van der Waals surface area contributed by atoms with Crippen molar-refractivity contribution < 1.29 is 9.53 Å². The fraction of sp³-hybridized carbons (Fsp3) is 0.462. The highest BCUT2D eigenvalue weighted by Crippen LogP contribution is 2.28. The first-order valence-corrected chi connectivity index (χ1v) is 7.95. The summed E-state index contributed by atoms with van der Waals surface area (Å²) in [5, 5.41) is 5.98. The second-order valence-electron chi connectivity index (χ2n) is 4.29. The number of carbonyl (C=O) groups is 1. The number of ether oxygens (including phenoxy) is 1. The topological polar surface area (TPSA) is 52.1 Å². The van der Waals surface area contributed by atoms with Crippen LogP contribution >= 0.6 is 22.9 Å². The van der Waals surface area contributed by atoms with Crippen molar-refractivity contribution in [2.45, 2.75) is 39.2 Å². The Hall–Kier alpha value is -1.27. The van der Waals surface area contributed by atoms with Crippen LogP contribution < -0.4 is 0 Å². The molecule has 0 saturated heterocycles. The fourth-order valence-electron chi connectivity index (χ4n) is 1.69. The van der Waals surface area contributed by atoms with Gasteiger partial charge < -0.3 is 4.74 Å². The maximum Gasteiger partial charge on any atom is 0.352 e. The molecule has 0 aliphatic rings. The first kappa shape index (κ1) is 14.1. The van der Waals surface area contributed by atoms with Gasteiger partial charge in [0.15, 0.2) is 4.88 Å². The Balaban J connectivity index is 2.06. The van der Waals surface area contributed by atoms with Crippen molar-refractivity contribution in [3.05, 3.63) is 22.4 Å². The number of unbranched alkanes of at least 4 members (excludes halogenated alkanes) is 1. The van der Waals surface area contributed by atoms with Gasteiger partial charge in [-0.2, -0.15) is 0 Å². The minimum absolute atomic E-state index is 0.0641. The minimum Gasteiger partial charge on any atom is -0.458 e. The lowest BCUT2D eigenvalue weighted by atomic mass is 10.2. The number of hydrogen-bond acceptors (Lipinski definition) is 6. The molecule has 0 aliphatic heterocycles. The van der Waals surface area contributed by atoms with Crippen molar-refractivity contribution >= 4 is 28.8 Å². The standard InChI is InChI=1S/C13H16N2O2S2/c1-3-4-6-9(2)17-13(16)12-11(14-15-19-12)10-7-5-8-18-10/h5,7-9H,3-4,6H2,1-2H3. The third-order valence-corrected chi connectivity index (χ3v) is 4.28. The van der Waals surface area contributed by atoms with E-state index in [4.69, 9.17) is 4.74 Å². The van der Waals surface area contributed by atoms with Crippen LogP contribution in [0, 0.1) is 0 Å². The van der Waals surface area contributed by atoms with Crippen LogP contribution in [0.25, 0.3) is 10.6 Å². The molecule has 0 aliphatic carbocycles. The van der Waals surface area contributed by atoms with Gasteiger partial charge in [0.2, 0.25) is 0 Å². The summed E-state index contributed by atoms with van der Waals surface area (Å²) in [5.74, 6) is -0.318. The van der Waals surface area contributed by atoms with Crippen molar-refractivity contribution in [1.82, 2.24) is 9.59 Å². The van der Waals surface area contributed by atoms with E-state index in [-0.39, 0.29) is 12.1 Å². The molecule has 0 aromatic carbocycles. The number of rotatable bonds is 6. The zero-order valence-corrected chi connectivity index (χ0v) is 12.6. The third kappa shape index (κ3) is 3.61. The number of esters is 1. The van der Waals surface area contributed by atoms with Crippen LogP contribution in [-0.4, -0.2) is 21.7 Å². The largest absolute Gasteiger partial charge is 0.458 e. The van der Waals surface area contributed by atoms with Gasteiger partial charge in [0.1, 0.15) is 5.69 Å². The lowest BCUT2D eigenvalue weighted by Gasteiger charge is -2.11. The van der Waals surface area contributed by atoms with Crippen molar-refractivity contribution in [2.75, 3.05) is 0 Å². The van der Waals surface area contributed by atoms with E-state index in [0.29, 0.717) is 10.6 Å². The Kier molecular flexibility index (Phi) is 5.04. The second kappa shape index (κ2) is 6.77. The SMILES string of the molecule is CCCCC(C)OC(=O)c1snnc1-c1cccs1. The fourth-order valence-corrected chi connectivity index (χ4v) is 3.03. The number of hydrogen-bond donors (Lipinski definition) is 0. The summed E-state index contributed by atoms with van der Waals surface area (Å²) >= 11 is 2.63. The molecule has 2 aromatic heterocycles. The average Bonchev–Trinajstić information content (AvgIpc) is 3.05. The molecule has 2 heterocycles. The lowest BCUT2D eigenvalue weighted by molar-refractivity contribution is 0.0327. The maximum absolute atomic E-state index is 12.1. The highest BCUT2D eigenvalue weighted by atomic mass is 32.1. The Bertz CT molecular complexity index is 522. The molecular weight excluding hydrogens is 280 g/mol. The van der Waals surface area contributed by atoms with Gasteiger partial charge in [-0.05, 0) is 36.3 Å². The van der Waals surface area contributed by atoms with Gasteiger partial charge in [-0.1, -0.05) is 30.3 Å². The molecule has 102 valence electrons. The van der Waals surface area contributed by atoms with Crippen LogP contribution in [0.5, 0.6) is 0 Å². The molecule has 19 heavy (non-hydrogen) atoms. The molecule has 0 saturated carbocycles. The third-order valence-electron chi connectivity index (χ3n) is 2.70. The van der Waals surface area contributed by atoms with Crippen LogP contribution in [0.15, 0.2) is 17.5 Å². The normalized spacial score (nSPS) is 12.3. The summed E-state index contributed by atoms with van der Waals surface area (Å²) in [6.45, 7) is 4.05. The number of aromatic nitrogens is 2. The van der Waals surface area contributed by atoms with Crippen molar-refractivity contribution in [3.63, 3.8) is 0 Å². The summed E-state index contributed by atoms with van der Waals surface area (Å²) in [6, 6.07) is 3.86. The second-order valence-corrected chi connectivity index (χ2v) is 5.99. The van der Waals surface area contributed by atoms with Crippen LogP contribution in [-0.2, 0) is 4.74 Å². The predicted molar refractivity (Wildman–Crippen MR) is 77.6 cm³/mol. The average molecular weight is 296 g/mol. The molecule has 0 N–H and O–H groups in total. The van der Waals surface area contributed by atoms with Crippen LogP contribution in [0.4, 0.5) is 0 Å². The van der Waals surface area contributed by atoms with E-state index < -0.39 is 0 Å². The maximum atomic E-state index is 12.1. The lowest BCUT2D eigenvalue weighted by Crippen LogP contribution is -2.14. The molecule has 2 rings (SSSR count). The van der Waals surface area contributed by atoms with Gasteiger partial charge in [-0.25, -0.2) is 4.79 Å². The van der Waals surface area contributed by atoms with Crippen molar-refractivity contribution in [2.24, 2.45) is 0 Å². The summed E-state index contributed by atoms with van der Waals surface area (Å²) in [5.41, 5.74) is 0.632. The zero-order chi connectivity index (χ0) is 13.7. The number of nitrogens with zero attached hydrogens (tertiary/aromatic N) is 2. The Labute approximate surface area is 120 Å². The quantitative estimate of drug-likeness (QED) is 0.756. The highest BCUT2D eigenvalue weighted by Gasteiger charge is 2.21. The van der Waals surface area contributed by atoms with Crippen molar-refractivity contribution in [3.8, 4) is 10.6 Å². The first-order valence-electron chi connectivity index (χ1n) is 6.29. The summed E-state index contributed by atoms with van der Waals surface area (Å²) in [4.78, 5) is 13.5. The smallest absolute Gasteiger partial charge is 0.352 e. The molecule has 6 heteroatoms. The van der Waals surface area contributed by atoms with E-state index >= 15 is 0 Å². The molecule has 0 spiro atoms. The molecule has 1 atom stereocenters. The molecule has 2 aromatic rings. The van der Waals surface area contributed by atoms with Gasteiger partial charge in [-0.15, -0.1) is 16.4 Å².